The molecule has 0 saturated heterocycles. The summed E-state index contributed by atoms with van der Waals surface area (Å²) in [6.45, 7) is 6.23. The van der Waals surface area contributed by atoms with Gasteiger partial charge in [0, 0.05) is 18.8 Å². The molecule has 4 rings (SSSR count). The van der Waals surface area contributed by atoms with Crippen molar-refractivity contribution in [2.45, 2.75) is 13.8 Å². The Morgan fingerprint density at radius 2 is 1.61 bits per heavy atom. The lowest BCUT2D eigenvalue weighted by molar-refractivity contribution is 0.866. The highest BCUT2D eigenvalue weighted by atomic mass is 16.1. The van der Waals surface area contributed by atoms with Crippen LogP contribution in [0, 0.1) is 0 Å². The molecule has 0 spiro atoms. The monoisotopic (exact) mass is 411 g/mol. The van der Waals surface area contributed by atoms with Crippen molar-refractivity contribution in [3.8, 4) is 5.69 Å². The highest BCUT2D eigenvalue weighted by Gasteiger charge is 2.12. The van der Waals surface area contributed by atoms with E-state index < -0.39 is 0 Å². The molecular formula is C25H25N5O. The fraction of sp³-hybridized carbons (Fsp3) is 0.160. The minimum Gasteiger partial charge on any atom is -0.372 e. The first-order valence-corrected chi connectivity index (χ1v) is 10.4. The molecule has 0 amide bonds. The number of rotatable bonds is 7. The quantitative estimate of drug-likeness (QED) is 0.354. The van der Waals surface area contributed by atoms with E-state index in [0.29, 0.717) is 16.9 Å². The first-order chi connectivity index (χ1) is 15.2. The number of anilines is 2. The number of hydrogen-bond acceptors (Lipinski definition) is 5. The molecule has 0 aliphatic carbocycles. The van der Waals surface area contributed by atoms with Crippen molar-refractivity contribution in [2.24, 2.45) is 5.10 Å². The Hall–Kier alpha value is -3.93. The van der Waals surface area contributed by atoms with Crippen molar-refractivity contribution in [1.82, 2.24) is 9.55 Å². The van der Waals surface area contributed by atoms with Crippen LogP contribution in [0.5, 0.6) is 0 Å². The zero-order chi connectivity index (χ0) is 21.6. The summed E-state index contributed by atoms with van der Waals surface area (Å²) in [5.74, 6) is 0.367. The Morgan fingerprint density at radius 1 is 0.935 bits per heavy atom. The van der Waals surface area contributed by atoms with Crippen molar-refractivity contribution >= 4 is 28.8 Å². The maximum Gasteiger partial charge on any atom is 0.267 e. The topological polar surface area (TPSA) is 62.5 Å². The van der Waals surface area contributed by atoms with Gasteiger partial charge in [-0.05, 0) is 55.8 Å². The molecule has 156 valence electrons. The van der Waals surface area contributed by atoms with E-state index in [2.05, 4.69) is 46.4 Å². The first kappa shape index (κ1) is 20.3. The molecule has 4 aromatic rings. The third kappa shape index (κ3) is 4.33. The minimum absolute atomic E-state index is 0.141. The summed E-state index contributed by atoms with van der Waals surface area (Å²) < 4.78 is 1.54. The summed E-state index contributed by atoms with van der Waals surface area (Å²) in [6, 6.07) is 25.0. The fourth-order valence-electron chi connectivity index (χ4n) is 3.55. The smallest absolute Gasteiger partial charge is 0.267 e. The van der Waals surface area contributed by atoms with Gasteiger partial charge >= 0.3 is 0 Å². The van der Waals surface area contributed by atoms with E-state index in [1.165, 1.54) is 5.69 Å². The summed E-state index contributed by atoms with van der Waals surface area (Å²) in [6.07, 6.45) is 1.72. The molecule has 0 fully saturated rings. The summed E-state index contributed by atoms with van der Waals surface area (Å²) in [5, 5.41) is 4.91. The molecule has 0 aliphatic heterocycles. The highest BCUT2D eigenvalue weighted by Crippen LogP contribution is 2.17. The molecule has 0 aliphatic rings. The average molecular weight is 412 g/mol. The van der Waals surface area contributed by atoms with E-state index in [1.54, 1.807) is 16.8 Å². The summed E-state index contributed by atoms with van der Waals surface area (Å²) in [5.41, 5.74) is 6.32. The predicted molar refractivity (Wildman–Crippen MR) is 129 cm³/mol. The van der Waals surface area contributed by atoms with Gasteiger partial charge in [0.15, 0.2) is 0 Å². The standard InChI is InChI=1S/C25H25N5O/c1-3-29(4-2)20-16-14-19(15-17-20)18-26-28-25-27-23-13-9-8-12-22(23)24(31)30(25)21-10-6-5-7-11-21/h5-18H,3-4H2,1-2H3,(H,27,28)/b26-18+. The maximum absolute atomic E-state index is 13.2. The molecule has 1 aromatic heterocycles. The number of nitrogens with zero attached hydrogens (tertiary/aromatic N) is 4. The highest BCUT2D eigenvalue weighted by molar-refractivity contribution is 5.82. The van der Waals surface area contributed by atoms with Crippen molar-refractivity contribution < 1.29 is 0 Å². The average Bonchev–Trinajstić information content (AvgIpc) is 2.82. The number of nitrogens with one attached hydrogen (secondary N) is 1. The molecule has 1 heterocycles. The van der Waals surface area contributed by atoms with Gasteiger partial charge in [-0.1, -0.05) is 42.5 Å². The number of para-hydroxylation sites is 2. The Kier molecular flexibility index (Phi) is 6.08. The van der Waals surface area contributed by atoms with Crippen LogP contribution in [0.2, 0.25) is 0 Å². The van der Waals surface area contributed by atoms with Crippen molar-refractivity contribution in [3.63, 3.8) is 0 Å². The SMILES string of the molecule is CCN(CC)c1ccc(/C=N/Nc2nc3ccccc3c(=O)n2-c2ccccc2)cc1. The fourth-order valence-corrected chi connectivity index (χ4v) is 3.55. The lowest BCUT2D eigenvalue weighted by atomic mass is 10.2. The van der Waals surface area contributed by atoms with Crippen molar-refractivity contribution in [2.75, 3.05) is 23.4 Å². The van der Waals surface area contributed by atoms with Gasteiger partial charge in [0.05, 0.1) is 22.8 Å². The second kappa shape index (κ2) is 9.26. The van der Waals surface area contributed by atoms with Crippen molar-refractivity contribution in [1.29, 1.82) is 0 Å². The molecular weight excluding hydrogens is 386 g/mol. The van der Waals surface area contributed by atoms with Crippen LogP contribution in [0.15, 0.2) is 88.8 Å². The zero-order valence-electron chi connectivity index (χ0n) is 17.7. The molecule has 0 saturated carbocycles. The molecule has 1 N–H and O–H groups in total. The summed E-state index contributed by atoms with van der Waals surface area (Å²) in [7, 11) is 0. The van der Waals surface area contributed by atoms with Gasteiger partial charge in [-0.25, -0.2) is 15.0 Å². The largest absolute Gasteiger partial charge is 0.372 e. The van der Waals surface area contributed by atoms with E-state index in [-0.39, 0.29) is 5.56 Å². The Bertz CT molecular complexity index is 1240. The van der Waals surface area contributed by atoms with Crippen LogP contribution < -0.4 is 15.9 Å². The Labute approximate surface area is 181 Å². The number of benzene rings is 3. The molecule has 0 unspecified atom stereocenters. The van der Waals surface area contributed by atoms with Crippen LogP contribution in [-0.4, -0.2) is 28.9 Å². The second-order valence-corrected chi connectivity index (χ2v) is 7.06. The normalized spacial score (nSPS) is 11.2. The third-order valence-electron chi connectivity index (χ3n) is 5.19. The van der Waals surface area contributed by atoms with Crippen LogP contribution in [0.4, 0.5) is 11.6 Å². The number of hydrazone groups is 1. The molecule has 0 radical (unpaired) electrons. The lowest BCUT2D eigenvalue weighted by Crippen LogP contribution is -2.22. The summed E-state index contributed by atoms with van der Waals surface area (Å²) >= 11 is 0. The molecule has 0 atom stereocenters. The lowest BCUT2D eigenvalue weighted by Gasteiger charge is -2.20. The van der Waals surface area contributed by atoms with Gasteiger partial charge in [0.2, 0.25) is 5.95 Å². The van der Waals surface area contributed by atoms with Crippen molar-refractivity contribution in [3.05, 3.63) is 94.8 Å². The Morgan fingerprint density at radius 3 is 2.32 bits per heavy atom. The van der Waals surface area contributed by atoms with Gasteiger partial charge in [0.25, 0.3) is 5.56 Å². The van der Waals surface area contributed by atoms with E-state index in [9.17, 15) is 4.79 Å². The van der Waals surface area contributed by atoms with E-state index in [1.807, 2.05) is 60.7 Å². The Balaban J connectivity index is 1.66. The van der Waals surface area contributed by atoms with E-state index in [4.69, 9.17) is 0 Å². The minimum atomic E-state index is -0.141. The van der Waals surface area contributed by atoms with E-state index in [0.717, 1.165) is 24.3 Å². The van der Waals surface area contributed by atoms with Crippen LogP contribution in [0.25, 0.3) is 16.6 Å². The zero-order valence-corrected chi connectivity index (χ0v) is 17.7. The molecule has 3 aromatic carbocycles. The first-order valence-electron chi connectivity index (χ1n) is 10.4. The number of aromatic nitrogens is 2. The predicted octanol–water partition coefficient (Wildman–Crippen LogP) is 4.68. The van der Waals surface area contributed by atoms with Gasteiger partial charge < -0.3 is 4.90 Å². The van der Waals surface area contributed by atoms with Crippen LogP contribution >= 0.6 is 0 Å². The third-order valence-corrected chi connectivity index (χ3v) is 5.19. The van der Waals surface area contributed by atoms with Crippen LogP contribution in [-0.2, 0) is 0 Å². The molecule has 0 bridgehead atoms. The van der Waals surface area contributed by atoms with Gasteiger partial charge in [-0.15, -0.1) is 0 Å². The maximum atomic E-state index is 13.2. The van der Waals surface area contributed by atoms with E-state index >= 15 is 0 Å². The second-order valence-electron chi connectivity index (χ2n) is 7.06. The molecule has 6 nitrogen and oxygen atoms in total. The van der Waals surface area contributed by atoms with Gasteiger partial charge in [-0.2, -0.15) is 5.10 Å². The number of fused-ring (bicyclic) bond motifs is 1. The van der Waals surface area contributed by atoms with Gasteiger partial charge in [0.1, 0.15) is 0 Å². The van der Waals surface area contributed by atoms with Gasteiger partial charge in [-0.3, -0.25) is 4.79 Å². The molecule has 31 heavy (non-hydrogen) atoms. The van der Waals surface area contributed by atoms with Crippen LogP contribution in [0.1, 0.15) is 19.4 Å². The number of hydrogen-bond donors (Lipinski definition) is 1. The summed E-state index contributed by atoms with van der Waals surface area (Å²) in [4.78, 5) is 20.1. The molecule has 6 heteroatoms. The van der Waals surface area contributed by atoms with Crippen LogP contribution in [0.3, 0.4) is 0 Å².